The number of nitrogens with one attached hydrogen (secondary N) is 1. The van der Waals surface area contributed by atoms with Crippen molar-refractivity contribution in [2.24, 2.45) is 0 Å². The van der Waals surface area contributed by atoms with E-state index in [9.17, 15) is 0 Å². The van der Waals surface area contributed by atoms with E-state index < -0.39 is 0 Å². The van der Waals surface area contributed by atoms with Crippen LogP contribution in [0.3, 0.4) is 0 Å². The Kier molecular flexibility index (Phi) is 1.92. The third-order valence-electron chi connectivity index (χ3n) is 2.59. The summed E-state index contributed by atoms with van der Waals surface area (Å²) in [5.74, 6) is 0.904. The monoisotopic (exact) mass is 221 g/mol. The minimum absolute atomic E-state index is 0.256. The molecule has 3 rings (SSSR count). The van der Waals surface area contributed by atoms with Gasteiger partial charge in [-0.2, -0.15) is 0 Å². The molecule has 3 heterocycles. The molecular weight excluding hydrogens is 210 g/mol. The van der Waals surface area contributed by atoms with Gasteiger partial charge in [0.15, 0.2) is 0 Å². The highest BCUT2D eigenvalue weighted by molar-refractivity contribution is 7.07. The molecule has 2 aromatic heterocycles. The summed E-state index contributed by atoms with van der Waals surface area (Å²) in [6.45, 7) is 0.879. The average molecular weight is 221 g/mol. The van der Waals surface area contributed by atoms with E-state index in [1.807, 2.05) is 18.6 Å². The van der Waals surface area contributed by atoms with Crippen LogP contribution in [0.25, 0.3) is 0 Å². The lowest BCUT2D eigenvalue weighted by Gasteiger charge is -2.30. The Morgan fingerprint density at radius 3 is 3.40 bits per heavy atom. The zero-order chi connectivity index (χ0) is 10.3. The lowest BCUT2D eigenvalue weighted by molar-refractivity contribution is 0.539. The molecule has 78 valence electrons. The number of thiazole rings is 1. The number of furan rings is 1. The summed E-state index contributed by atoms with van der Waals surface area (Å²) in [5.41, 5.74) is 4.00. The van der Waals surface area contributed by atoms with E-state index in [-0.39, 0.29) is 6.04 Å². The molecule has 15 heavy (non-hydrogen) atoms. The van der Waals surface area contributed by atoms with Crippen LogP contribution in [0.2, 0.25) is 0 Å². The van der Waals surface area contributed by atoms with Gasteiger partial charge in [0.05, 0.1) is 29.2 Å². The second kappa shape index (κ2) is 3.27. The molecule has 0 saturated carbocycles. The smallest absolute Gasteiger partial charge is 0.218 e. The summed E-state index contributed by atoms with van der Waals surface area (Å²) < 4.78 is 5.38. The van der Waals surface area contributed by atoms with Crippen LogP contribution >= 0.6 is 11.3 Å². The van der Waals surface area contributed by atoms with Gasteiger partial charge in [-0.1, -0.05) is 0 Å². The molecule has 0 aliphatic carbocycles. The van der Waals surface area contributed by atoms with Crippen LogP contribution in [0.5, 0.6) is 0 Å². The summed E-state index contributed by atoms with van der Waals surface area (Å²) in [7, 11) is 2.03. The first-order chi connectivity index (χ1) is 7.34. The van der Waals surface area contributed by atoms with Crippen molar-refractivity contribution in [3.05, 3.63) is 28.9 Å². The molecule has 4 nitrogen and oxygen atoms in total. The molecule has 0 saturated heterocycles. The van der Waals surface area contributed by atoms with E-state index in [2.05, 4.69) is 20.6 Å². The molecule has 2 aromatic rings. The second-order valence-corrected chi connectivity index (χ2v) is 4.35. The van der Waals surface area contributed by atoms with Gasteiger partial charge in [-0.15, -0.1) is 11.3 Å². The summed E-state index contributed by atoms with van der Waals surface area (Å²) in [5, 5.41) is 5.50. The normalized spacial score (nSPS) is 19.8. The third kappa shape index (κ3) is 1.39. The highest BCUT2D eigenvalue weighted by Gasteiger charge is 2.25. The number of fused-ring (bicyclic) bond motifs is 1. The summed E-state index contributed by atoms with van der Waals surface area (Å²) in [6.07, 6.45) is 1.71. The Hall–Kier alpha value is -1.49. The largest absolute Gasteiger partial charge is 0.447 e. The molecule has 0 amide bonds. The van der Waals surface area contributed by atoms with Crippen LogP contribution in [-0.2, 0) is 0 Å². The van der Waals surface area contributed by atoms with E-state index in [0.29, 0.717) is 0 Å². The fourth-order valence-electron chi connectivity index (χ4n) is 1.86. The minimum atomic E-state index is 0.256. The minimum Gasteiger partial charge on any atom is -0.447 e. The first-order valence-corrected chi connectivity index (χ1v) is 5.72. The van der Waals surface area contributed by atoms with Gasteiger partial charge in [-0.25, -0.2) is 4.98 Å². The fraction of sp³-hybridized carbons (Fsp3) is 0.300. The topological polar surface area (TPSA) is 41.3 Å². The predicted molar refractivity (Wildman–Crippen MR) is 60.5 cm³/mol. The van der Waals surface area contributed by atoms with Gasteiger partial charge >= 0.3 is 0 Å². The number of hydrogen-bond donors (Lipinski definition) is 1. The molecule has 1 atom stereocenters. The van der Waals surface area contributed by atoms with Crippen molar-refractivity contribution >= 4 is 22.9 Å². The molecule has 5 heteroatoms. The maximum atomic E-state index is 5.38. The Labute approximate surface area is 91.5 Å². The lowest BCUT2D eigenvalue weighted by atomic mass is 10.1. The summed E-state index contributed by atoms with van der Waals surface area (Å²) >= 11 is 1.62. The molecule has 1 unspecified atom stereocenters. The zero-order valence-electron chi connectivity index (χ0n) is 8.30. The maximum absolute atomic E-state index is 5.38. The molecule has 0 spiro atoms. The van der Waals surface area contributed by atoms with Crippen molar-refractivity contribution in [1.29, 1.82) is 0 Å². The zero-order valence-corrected chi connectivity index (χ0v) is 9.12. The Morgan fingerprint density at radius 1 is 1.67 bits per heavy atom. The molecule has 1 N–H and O–H groups in total. The van der Waals surface area contributed by atoms with Crippen molar-refractivity contribution < 1.29 is 4.42 Å². The lowest BCUT2D eigenvalue weighted by Crippen LogP contribution is -2.33. The van der Waals surface area contributed by atoms with Crippen molar-refractivity contribution in [2.45, 2.75) is 6.04 Å². The summed E-state index contributed by atoms with van der Waals surface area (Å²) in [6, 6.07) is 2.20. The van der Waals surface area contributed by atoms with Crippen molar-refractivity contribution in [3.63, 3.8) is 0 Å². The predicted octanol–water partition coefficient (Wildman–Crippen LogP) is 2.34. The Morgan fingerprint density at radius 2 is 2.60 bits per heavy atom. The number of hydrogen-bond acceptors (Lipinski definition) is 5. The van der Waals surface area contributed by atoms with E-state index in [4.69, 9.17) is 4.42 Å². The van der Waals surface area contributed by atoms with Gasteiger partial charge in [0.25, 0.3) is 0 Å². The van der Waals surface area contributed by atoms with Crippen LogP contribution in [0.4, 0.5) is 11.6 Å². The van der Waals surface area contributed by atoms with Gasteiger partial charge < -0.3 is 14.6 Å². The van der Waals surface area contributed by atoms with Crippen LogP contribution < -0.4 is 10.2 Å². The van der Waals surface area contributed by atoms with Crippen molar-refractivity contribution in [2.75, 3.05) is 23.8 Å². The van der Waals surface area contributed by atoms with Crippen LogP contribution in [0, 0.1) is 0 Å². The molecule has 0 bridgehead atoms. The Balaban J connectivity index is 1.93. The summed E-state index contributed by atoms with van der Waals surface area (Å²) in [4.78, 5) is 6.44. The standard InChI is InChI=1S/C10H11N3OS/c1-13-4-8(9-5-15-6-11-9)12-7-2-3-14-10(7)13/h2-3,5-6,8,12H,4H2,1H3. The van der Waals surface area contributed by atoms with Gasteiger partial charge in [0.2, 0.25) is 5.88 Å². The van der Waals surface area contributed by atoms with E-state index in [1.54, 1.807) is 17.6 Å². The number of aromatic nitrogens is 1. The van der Waals surface area contributed by atoms with Gasteiger partial charge in [0, 0.05) is 25.0 Å². The van der Waals surface area contributed by atoms with Gasteiger partial charge in [-0.3, -0.25) is 0 Å². The maximum Gasteiger partial charge on any atom is 0.218 e. The van der Waals surface area contributed by atoms with Gasteiger partial charge in [0.1, 0.15) is 0 Å². The SMILES string of the molecule is CN1CC(c2cscn2)Nc2ccoc21. The van der Waals surface area contributed by atoms with E-state index in [0.717, 1.165) is 23.8 Å². The third-order valence-corrected chi connectivity index (χ3v) is 3.19. The van der Waals surface area contributed by atoms with Crippen LogP contribution in [0.1, 0.15) is 11.7 Å². The van der Waals surface area contributed by atoms with E-state index in [1.165, 1.54) is 0 Å². The fourth-order valence-corrected chi connectivity index (χ4v) is 2.47. The molecule has 1 aliphatic heterocycles. The van der Waals surface area contributed by atoms with E-state index >= 15 is 0 Å². The molecule has 1 aliphatic rings. The highest BCUT2D eigenvalue weighted by Crippen LogP contribution is 2.35. The number of nitrogens with zero attached hydrogens (tertiary/aromatic N) is 2. The molecule has 0 fully saturated rings. The van der Waals surface area contributed by atoms with Crippen molar-refractivity contribution in [1.82, 2.24) is 4.98 Å². The van der Waals surface area contributed by atoms with Gasteiger partial charge in [-0.05, 0) is 0 Å². The molecular formula is C10H11N3OS. The quantitative estimate of drug-likeness (QED) is 0.802. The van der Waals surface area contributed by atoms with Crippen LogP contribution in [0.15, 0.2) is 27.6 Å². The molecule has 0 radical (unpaired) electrons. The van der Waals surface area contributed by atoms with Crippen LogP contribution in [-0.4, -0.2) is 18.6 Å². The number of anilines is 2. The number of likely N-dealkylation sites (N-methyl/N-ethyl adjacent to an activating group) is 1. The number of rotatable bonds is 1. The Bertz CT molecular complexity index is 451. The average Bonchev–Trinajstić information content (AvgIpc) is 2.88. The first-order valence-electron chi connectivity index (χ1n) is 4.78. The van der Waals surface area contributed by atoms with Crippen molar-refractivity contribution in [3.8, 4) is 0 Å². The molecule has 0 aromatic carbocycles. The highest BCUT2D eigenvalue weighted by atomic mass is 32.1. The second-order valence-electron chi connectivity index (χ2n) is 3.63. The first kappa shape index (κ1) is 8.79.